The third-order valence-electron chi connectivity index (χ3n) is 4.21. The third kappa shape index (κ3) is 3.49. The van der Waals surface area contributed by atoms with E-state index in [0.717, 1.165) is 16.8 Å². The van der Waals surface area contributed by atoms with Crippen LogP contribution in [0.1, 0.15) is 17.5 Å². The van der Waals surface area contributed by atoms with Crippen molar-refractivity contribution in [3.63, 3.8) is 0 Å². The average Bonchev–Trinajstić information content (AvgIpc) is 3.34. The van der Waals surface area contributed by atoms with Gasteiger partial charge >= 0.3 is 0 Å². The van der Waals surface area contributed by atoms with Crippen LogP contribution in [0.25, 0.3) is 0 Å². The number of carbonyl (C=O) groups excluding carboxylic acids is 1. The molecule has 2 heterocycles. The molecule has 0 radical (unpaired) electrons. The molecule has 1 aromatic heterocycles. The molecule has 3 aromatic rings. The SMILES string of the molecule is O=C(Nc1ccnn1Cc1ccccc1)C1CC(c2ccccc2)=NO1. The summed E-state index contributed by atoms with van der Waals surface area (Å²) in [5.41, 5.74) is 2.86. The predicted molar refractivity (Wildman–Crippen MR) is 98.9 cm³/mol. The zero-order valence-electron chi connectivity index (χ0n) is 14.1. The summed E-state index contributed by atoms with van der Waals surface area (Å²) in [6.07, 6.45) is 1.48. The van der Waals surface area contributed by atoms with Gasteiger partial charge in [-0.05, 0) is 11.1 Å². The molecule has 26 heavy (non-hydrogen) atoms. The number of benzene rings is 2. The zero-order chi connectivity index (χ0) is 17.8. The van der Waals surface area contributed by atoms with Gasteiger partial charge < -0.3 is 10.2 Å². The average molecular weight is 346 g/mol. The van der Waals surface area contributed by atoms with E-state index >= 15 is 0 Å². The Balaban J connectivity index is 1.40. The largest absolute Gasteiger partial charge is 0.382 e. The van der Waals surface area contributed by atoms with E-state index in [1.54, 1.807) is 16.9 Å². The summed E-state index contributed by atoms with van der Waals surface area (Å²) in [6, 6.07) is 21.5. The van der Waals surface area contributed by atoms with Crippen molar-refractivity contribution in [2.75, 3.05) is 5.32 Å². The first-order chi connectivity index (χ1) is 12.8. The van der Waals surface area contributed by atoms with Gasteiger partial charge in [-0.3, -0.25) is 4.79 Å². The van der Waals surface area contributed by atoms with E-state index in [1.807, 2.05) is 60.7 Å². The van der Waals surface area contributed by atoms with Crippen LogP contribution in [0.15, 0.2) is 78.1 Å². The quantitative estimate of drug-likeness (QED) is 0.772. The van der Waals surface area contributed by atoms with Crippen molar-refractivity contribution in [1.29, 1.82) is 0 Å². The molecule has 1 amide bonds. The molecule has 130 valence electrons. The minimum Gasteiger partial charge on any atom is -0.382 e. The predicted octanol–water partition coefficient (Wildman–Crippen LogP) is 3.06. The molecule has 0 bridgehead atoms. The number of carbonyl (C=O) groups is 1. The number of anilines is 1. The van der Waals surface area contributed by atoms with Crippen LogP contribution in [0.3, 0.4) is 0 Å². The normalized spacial score (nSPS) is 16.0. The Morgan fingerprint density at radius 2 is 1.81 bits per heavy atom. The maximum absolute atomic E-state index is 12.5. The molecule has 1 aliphatic rings. The minimum atomic E-state index is -0.634. The highest BCUT2D eigenvalue weighted by molar-refractivity contribution is 6.05. The third-order valence-corrected chi connectivity index (χ3v) is 4.21. The number of rotatable bonds is 5. The van der Waals surface area contributed by atoms with Gasteiger partial charge in [0.1, 0.15) is 5.82 Å². The van der Waals surface area contributed by atoms with Gasteiger partial charge in [-0.1, -0.05) is 65.8 Å². The van der Waals surface area contributed by atoms with E-state index < -0.39 is 6.10 Å². The fraction of sp³-hybridized carbons (Fsp3) is 0.150. The first-order valence-electron chi connectivity index (χ1n) is 8.44. The smallest absolute Gasteiger partial charge is 0.269 e. The summed E-state index contributed by atoms with van der Waals surface area (Å²) in [6.45, 7) is 0.584. The molecule has 0 saturated carbocycles. The molecule has 0 aliphatic carbocycles. The molecule has 1 aliphatic heterocycles. The molecule has 0 spiro atoms. The topological polar surface area (TPSA) is 68.5 Å². The van der Waals surface area contributed by atoms with Crippen molar-refractivity contribution in [2.24, 2.45) is 5.16 Å². The second-order valence-electron chi connectivity index (χ2n) is 6.05. The van der Waals surface area contributed by atoms with E-state index in [4.69, 9.17) is 4.84 Å². The Morgan fingerprint density at radius 1 is 1.08 bits per heavy atom. The van der Waals surface area contributed by atoms with Gasteiger partial charge in [0, 0.05) is 12.5 Å². The molecule has 1 atom stereocenters. The van der Waals surface area contributed by atoms with E-state index in [0.29, 0.717) is 18.8 Å². The highest BCUT2D eigenvalue weighted by Gasteiger charge is 2.29. The van der Waals surface area contributed by atoms with E-state index in [9.17, 15) is 4.79 Å². The van der Waals surface area contributed by atoms with Gasteiger partial charge in [0.25, 0.3) is 5.91 Å². The molecular formula is C20H18N4O2. The first kappa shape index (κ1) is 16.1. The number of hydrogen-bond acceptors (Lipinski definition) is 4. The highest BCUT2D eigenvalue weighted by atomic mass is 16.6. The molecule has 0 saturated heterocycles. The Morgan fingerprint density at radius 3 is 2.58 bits per heavy atom. The van der Waals surface area contributed by atoms with Crippen molar-refractivity contribution in [3.05, 3.63) is 84.1 Å². The lowest BCUT2D eigenvalue weighted by Crippen LogP contribution is -2.29. The second kappa shape index (κ2) is 7.23. The van der Waals surface area contributed by atoms with Crippen molar-refractivity contribution < 1.29 is 9.63 Å². The molecule has 6 heteroatoms. The van der Waals surface area contributed by atoms with Crippen LogP contribution < -0.4 is 5.32 Å². The van der Waals surface area contributed by atoms with Gasteiger partial charge in [0.15, 0.2) is 0 Å². The van der Waals surface area contributed by atoms with Crippen molar-refractivity contribution in [2.45, 2.75) is 19.1 Å². The number of amides is 1. The number of nitrogens with one attached hydrogen (secondary N) is 1. The molecule has 6 nitrogen and oxygen atoms in total. The monoisotopic (exact) mass is 346 g/mol. The van der Waals surface area contributed by atoms with Gasteiger partial charge in [0.05, 0.1) is 18.5 Å². The van der Waals surface area contributed by atoms with Crippen molar-refractivity contribution in [1.82, 2.24) is 9.78 Å². The summed E-state index contributed by atoms with van der Waals surface area (Å²) < 4.78 is 1.75. The van der Waals surface area contributed by atoms with Gasteiger partial charge in [-0.2, -0.15) is 5.10 Å². The summed E-state index contributed by atoms with van der Waals surface area (Å²) in [4.78, 5) is 17.9. The van der Waals surface area contributed by atoms with Crippen LogP contribution >= 0.6 is 0 Å². The highest BCUT2D eigenvalue weighted by Crippen LogP contribution is 2.18. The van der Waals surface area contributed by atoms with Gasteiger partial charge in [0.2, 0.25) is 6.10 Å². The van der Waals surface area contributed by atoms with Crippen LogP contribution in [0.4, 0.5) is 5.82 Å². The Hall–Kier alpha value is -3.41. The van der Waals surface area contributed by atoms with Crippen LogP contribution in [0, 0.1) is 0 Å². The van der Waals surface area contributed by atoms with E-state index in [-0.39, 0.29) is 5.91 Å². The number of aromatic nitrogens is 2. The lowest BCUT2D eigenvalue weighted by Gasteiger charge is -2.11. The standard InChI is InChI=1S/C20H18N4O2/c25-20(18-13-17(23-26-18)16-9-5-2-6-10-16)22-19-11-12-21-24(19)14-15-7-3-1-4-8-15/h1-12,18H,13-14H2,(H,22,25). The molecule has 0 fully saturated rings. The van der Waals surface area contributed by atoms with E-state index in [2.05, 4.69) is 15.6 Å². The number of hydrogen-bond donors (Lipinski definition) is 1. The number of nitrogens with zero attached hydrogens (tertiary/aromatic N) is 3. The molecule has 2 aromatic carbocycles. The van der Waals surface area contributed by atoms with E-state index in [1.165, 1.54) is 0 Å². The van der Waals surface area contributed by atoms with Gasteiger partial charge in [-0.25, -0.2) is 4.68 Å². The maximum Gasteiger partial charge on any atom is 0.269 e. The Bertz CT molecular complexity index is 919. The minimum absolute atomic E-state index is 0.227. The molecular weight excluding hydrogens is 328 g/mol. The van der Waals surface area contributed by atoms with Gasteiger partial charge in [-0.15, -0.1) is 0 Å². The second-order valence-corrected chi connectivity index (χ2v) is 6.05. The fourth-order valence-corrected chi connectivity index (χ4v) is 2.85. The van der Waals surface area contributed by atoms with Crippen molar-refractivity contribution in [3.8, 4) is 0 Å². The lowest BCUT2D eigenvalue weighted by molar-refractivity contribution is -0.125. The molecule has 1 N–H and O–H groups in total. The van der Waals surface area contributed by atoms with Crippen LogP contribution in [-0.4, -0.2) is 27.5 Å². The summed E-state index contributed by atoms with van der Waals surface area (Å²) in [5.74, 6) is 0.408. The maximum atomic E-state index is 12.5. The Labute approximate surface area is 151 Å². The Kier molecular flexibility index (Phi) is 4.47. The van der Waals surface area contributed by atoms with Crippen LogP contribution in [0.2, 0.25) is 0 Å². The molecule has 1 unspecified atom stereocenters. The lowest BCUT2D eigenvalue weighted by atomic mass is 10.0. The fourth-order valence-electron chi connectivity index (χ4n) is 2.85. The summed E-state index contributed by atoms with van der Waals surface area (Å²) in [7, 11) is 0. The van der Waals surface area contributed by atoms with Crippen LogP contribution in [-0.2, 0) is 16.2 Å². The van der Waals surface area contributed by atoms with Crippen molar-refractivity contribution >= 4 is 17.4 Å². The summed E-state index contributed by atoms with van der Waals surface area (Å²) in [5, 5.41) is 11.2. The summed E-state index contributed by atoms with van der Waals surface area (Å²) >= 11 is 0. The molecule has 4 rings (SSSR count). The van der Waals surface area contributed by atoms with Crippen LogP contribution in [0.5, 0.6) is 0 Å². The first-order valence-corrected chi connectivity index (χ1v) is 8.44. The zero-order valence-corrected chi connectivity index (χ0v) is 14.1. The number of oxime groups is 1.